The summed E-state index contributed by atoms with van der Waals surface area (Å²) in [7, 11) is 3.82. The van der Waals surface area contributed by atoms with Crippen molar-refractivity contribution in [3.63, 3.8) is 0 Å². The lowest BCUT2D eigenvalue weighted by atomic mass is 9.61. The van der Waals surface area contributed by atoms with E-state index in [9.17, 15) is 4.79 Å². The SMILES string of the molecule is COc1ccc(CC2(N)C=C(OC3CCN(C)CC3)C3=C(C2)C2(CCC2)C(=O)N3)cc1. The van der Waals surface area contributed by atoms with Crippen LogP contribution in [0.1, 0.15) is 44.1 Å². The molecular weight excluding hydrogens is 390 g/mol. The van der Waals surface area contributed by atoms with Crippen molar-refractivity contribution in [2.75, 3.05) is 27.2 Å². The molecule has 3 N–H and O–H groups in total. The molecule has 5 rings (SSSR count). The van der Waals surface area contributed by atoms with E-state index in [-0.39, 0.29) is 17.4 Å². The summed E-state index contributed by atoms with van der Waals surface area (Å²) in [6.07, 6.45) is 8.52. The predicted molar refractivity (Wildman–Crippen MR) is 119 cm³/mol. The van der Waals surface area contributed by atoms with Crippen LogP contribution in [0.5, 0.6) is 5.75 Å². The Balaban J connectivity index is 1.45. The highest BCUT2D eigenvalue weighted by Crippen LogP contribution is 2.56. The van der Waals surface area contributed by atoms with Gasteiger partial charge in [0, 0.05) is 18.6 Å². The van der Waals surface area contributed by atoms with Crippen molar-refractivity contribution in [1.29, 1.82) is 0 Å². The number of nitrogens with one attached hydrogen (secondary N) is 1. The number of benzene rings is 1. The summed E-state index contributed by atoms with van der Waals surface area (Å²) < 4.78 is 11.8. The fraction of sp³-hybridized carbons (Fsp3) is 0.560. The number of carbonyl (C=O) groups is 1. The first-order valence-electron chi connectivity index (χ1n) is 11.5. The molecular formula is C25H33N3O3. The Kier molecular flexibility index (Phi) is 5.10. The third kappa shape index (κ3) is 3.66. The first kappa shape index (κ1) is 20.6. The van der Waals surface area contributed by atoms with Crippen molar-refractivity contribution < 1.29 is 14.3 Å². The highest BCUT2D eigenvalue weighted by molar-refractivity contribution is 5.93. The number of nitrogens with two attached hydrogens (primary N) is 1. The molecule has 0 aromatic heterocycles. The minimum absolute atomic E-state index is 0.135. The molecule has 2 heterocycles. The molecule has 1 aromatic carbocycles. The number of piperidine rings is 1. The number of carbonyl (C=O) groups excluding carboxylic acids is 1. The maximum Gasteiger partial charge on any atom is 0.234 e. The zero-order valence-corrected chi connectivity index (χ0v) is 18.6. The lowest BCUT2D eigenvalue weighted by Gasteiger charge is -2.42. The molecule has 1 aromatic rings. The molecule has 6 heteroatoms. The summed E-state index contributed by atoms with van der Waals surface area (Å²) in [5.41, 5.74) is 9.29. The van der Waals surface area contributed by atoms with E-state index < -0.39 is 5.54 Å². The van der Waals surface area contributed by atoms with Crippen LogP contribution in [-0.2, 0) is 16.0 Å². The molecule has 166 valence electrons. The van der Waals surface area contributed by atoms with E-state index in [4.69, 9.17) is 15.2 Å². The van der Waals surface area contributed by atoms with Gasteiger partial charge in [-0.25, -0.2) is 0 Å². The number of nitrogens with zero attached hydrogens (tertiary/aromatic N) is 1. The summed E-state index contributed by atoms with van der Waals surface area (Å²) in [4.78, 5) is 15.3. The Morgan fingerprint density at radius 3 is 2.52 bits per heavy atom. The quantitative estimate of drug-likeness (QED) is 0.762. The highest BCUT2D eigenvalue weighted by Gasteiger charge is 2.55. The van der Waals surface area contributed by atoms with Gasteiger partial charge in [-0.15, -0.1) is 0 Å². The van der Waals surface area contributed by atoms with Crippen LogP contribution in [0.4, 0.5) is 0 Å². The number of amides is 1. The largest absolute Gasteiger partial charge is 0.497 e. The maximum absolute atomic E-state index is 13.0. The summed E-state index contributed by atoms with van der Waals surface area (Å²) in [6.45, 7) is 2.06. The summed E-state index contributed by atoms with van der Waals surface area (Å²) in [5, 5.41) is 3.18. The molecule has 1 saturated carbocycles. The van der Waals surface area contributed by atoms with Gasteiger partial charge in [-0.2, -0.15) is 0 Å². The minimum Gasteiger partial charge on any atom is -0.497 e. The summed E-state index contributed by atoms with van der Waals surface area (Å²) in [5.74, 6) is 1.75. The van der Waals surface area contributed by atoms with Crippen LogP contribution in [0.3, 0.4) is 0 Å². The van der Waals surface area contributed by atoms with Gasteiger partial charge in [0.15, 0.2) is 0 Å². The standard InChI is InChI=1S/C25H33N3O3/c1-28-12-8-19(9-13-28)31-21-16-24(26,14-17-4-6-18(30-2)7-5-17)15-20-22(21)27-23(29)25(20)10-3-11-25/h4-7,16,19H,3,8-15,26H2,1-2H3,(H,27,29). The minimum atomic E-state index is -0.580. The monoisotopic (exact) mass is 423 g/mol. The lowest BCUT2D eigenvalue weighted by molar-refractivity contribution is -0.130. The second-order valence-corrected chi connectivity index (χ2v) is 9.81. The van der Waals surface area contributed by atoms with Gasteiger partial charge in [0.1, 0.15) is 17.6 Å². The van der Waals surface area contributed by atoms with Crippen LogP contribution in [0.25, 0.3) is 0 Å². The molecule has 0 bridgehead atoms. The molecule has 1 amide bonds. The lowest BCUT2D eigenvalue weighted by Crippen LogP contribution is -2.46. The van der Waals surface area contributed by atoms with Crippen LogP contribution >= 0.6 is 0 Å². The van der Waals surface area contributed by atoms with E-state index in [1.807, 2.05) is 12.1 Å². The number of methoxy groups -OCH3 is 1. The number of hydrogen-bond acceptors (Lipinski definition) is 5. The van der Waals surface area contributed by atoms with Crippen LogP contribution in [0.15, 0.2) is 47.4 Å². The maximum atomic E-state index is 13.0. The topological polar surface area (TPSA) is 76.8 Å². The van der Waals surface area contributed by atoms with Crippen molar-refractivity contribution in [1.82, 2.24) is 10.2 Å². The molecule has 1 unspecified atom stereocenters. The average molecular weight is 424 g/mol. The third-order valence-corrected chi connectivity index (χ3v) is 7.58. The molecule has 1 atom stereocenters. The second kappa shape index (κ2) is 7.68. The van der Waals surface area contributed by atoms with Gasteiger partial charge in [-0.05, 0) is 74.9 Å². The molecule has 6 nitrogen and oxygen atoms in total. The average Bonchev–Trinajstić information content (AvgIpc) is 3.02. The van der Waals surface area contributed by atoms with Gasteiger partial charge in [0.2, 0.25) is 5.91 Å². The zero-order chi connectivity index (χ0) is 21.6. The Bertz CT molecular complexity index is 924. The number of fused-ring (bicyclic) bond motifs is 1. The predicted octanol–water partition coefficient (Wildman–Crippen LogP) is 2.89. The van der Waals surface area contributed by atoms with Crippen molar-refractivity contribution in [3.8, 4) is 5.75 Å². The van der Waals surface area contributed by atoms with Gasteiger partial charge in [0.05, 0.1) is 18.2 Å². The fourth-order valence-electron chi connectivity index (χ4n) is 5.54. The Morgan fingerprint density at radius 1 is 1.19 bits per heavy atom. The van der Waals surface area contributed by atoms with E-state index in [1.165, 1.54) is 5.57 Å². The Labute approximate surface area is 184 Å². The van der Waals surface area contributed by atoms with Gasteiger partial charge in [-0.1, -0.05) is 18.6 Å². The van der Waals surface area contributed by atoms with Crippen LogP contribution in [-0.4, -0.2) is 49.7 Å². The van der Waals surface area contributed by atoms with Gasteiger partial charge < -0.3 is 25.4 Å². The normalized spacial score (nSPS) is 28.1. The number of ether oxygens (including phenoxy) is 2. The van der Waals surface area contributed by atoms with Crippen LogP contribution in [0, 0.1) is 5.41 Å². The van der Waals surface area contributed by atoms with E-state index in [2.05, 4.69) is 35.5 Å². The molecule has 2 fully saturated rings. The van der Waals surface area contributed by atoms with Crippen LogP contribution in [0.2, 0.25) is 0 Å². The van der Waals surface area contributed by atoms with Crippen molar-refractivity contribution in [2.24, 2.45) is 11.1 Å². The van der Waals surface area contributed by atoms with Gasteiger partial charge in [-0.3, -0.25) is 4.79 Å². The van der Waals surface area contributed by atoms with Crippen molar-refractivity contribution in [2.45, 2.75) is 56.6 Å². The molecule has 31 heavy (non-hydrogen) atoms. The van der Waals surface area contributed by atoms with E-state index in [1.54, 1.807) is 7.11 Å². The van der Waals surface area contributed by atoms with Crippen molar-refractivity contribution >= 4 is 5.91 Å². The van der Waals surface area contributed by atoms with E-state index in [0.717, 1.165) is 68.0 Å². The molecule has 2 aliphatic carbocycles. The molecule has 4 aliphatic rings. The molecule has 2 aliphatic heterocycles. The number of rotatable bonds is 5. The van der Waals surface area contributed by atoms with E-state index >= 15 is 0 Å². The zero-order valence-electron chi connectivity index (χ0n) is 18.6. The highest BCUT2D eigenvalue weighted by atomic mass is 16.5. The third-order valence-electron chi connectivity index (χ3n) is 7.58. The first-order valence-corrected chi connectivity index (χ1v) is 11.5. The Morgan fingerprint density at radius 2 is 1.90 bits per heavy atom. The Hall–Kier alpha value is -2.31. The number of hydrogen-bond donors (Lipinski definition) is 2. The fourth-order valence-corrected chi connectivity index (χ4v) is 5.54. The molecule has 0 radical (unpaired) electrons. The second-order valence-electron chi connectivity index (χ2n) is 9.81. The summed E-state index contributed by atoms with van der Waals surface area (Å²) >= 11 is 0. The number of likely N-dealkylation sites (tertiary alicyclic amines) is 1. The molecule has 1 spiro atoms. The van der Waals surface area contributed by atoms with Crippen molar-refractivity contribution in [3.05, 3.63) is 52.9 Å². The smallest absolute Gasteiger partial charge is 0.234 e. The van der Waals surface area contributed by atoms with E-state index in [0.29, 0.717) is 12.8 Å². The van der Waals surface area contributed by atoms with Gasteiger partial charge in [0.25, 0.3) is 0 Å². The van der Waals surface area contributed by atoms with Crippen LogP contribution < -0.4 is 15.8 Å². The summed E-state index contributed by atoms with van der Waals surface area (Å²) in [6, 6.07) is 8.08. The molecule has 1 saturated heterocycles. The van der Waals surface area contributed by atoms with Gasteiger partial charge >= 0.3 is 0 Å². The first-order chi connectivity index (χ1) is 14.9.